The van der Waals surface area contributed by atoms with E-state index in [2.05, 4.69) is 379 Å². The number of benzene rings is 9. The maximum absolute atomic E-state index is 2.34. The molecule has 0 bridgehead atoms. The Labute approximate surface area is 597 Å². The summed E-state index contributed by atoms with van der Waals surface area (Å²) in [5.41, 5.74) is 18.8. The fourth-order valence-electron chi connectivity index (χ4n) is 12.8. The first-order valence-corrected chi connectivity index (χ1v) is 37.9. The van der Waals surface area contributed by atoms with Gasteiger partial charge in [-0.05, 0) is 210 Å². The summed E-state index contributed by atoms with van der Waals surface area (Å²) in [6.07, 6.45) is 23.0. The van der Waals surface area contributed by atoms with Crippen molar-refractivity contribution in [2.24, 2.45) is 5.41 Å². The molecule has 9 aromatic rings. The van der Waals surface area contributed by atoms with Gasteiger partial charge in [-0.15, -0.1) is 0 Å². The van der Waals surface area contributed by atoms with Gasteiger partial charge in [-0.25, -0.2) is 0 Å². The predicted molar refractivity (Wildman–Crippen MR) is 432 cm³/mol. The van der Waals surface area contributed by atoms with Crippen LogP contribution < -0.4 is 0 Å². The van der Waals surface area contributed by atoms with Gasteiger partial charge in [0.2, 0.25) is 0 Å². The van der Waals surface area contributed by atoms with Crippen LogP contribution in [0.3, 0.4) is 0 Å². The molecule has 0 atom stereocenters. The molecule has 0 nitrogen and oxygen atoms in total. The van der Waals surface area contributed by atoms with Crippen molar-refractivity contribution in [3.05, 3.63) is 322 Å². The molecule has 522 valence electrons. The molecule has 3 fully saturated rings. The van der Waals surface area contributed by atoms with Gasteiger partial charge in [-0.2, -0.15) is 0 Å². The third kappa shape index (κ3) is 32.0. The summed E-state index contributed by atoms with van der Waals surface area (Å²) in [7, 11) is 0. The summed E-state index contributed by atoms with van der Waals surface area (Å²) >= 11 is 0. The maximum atomic E-state index is 2.34. The maximum Gasteiger partial charge on any atom is -0.00805 e. The van der Waals surface area contributed by atoms with Crippen molar-refractivity contribution in [2.45, 2.75) is 274 Å². The van der Waals surface area contributed by atoms with E-state index in [-0.39, 0.29) is 5.41 Å². The second-order valence-corrected chi connectivity index (χ2v) is 30.9. The largest absolute Gasteiger partial charge is 0.0645 e. The van der Waals surface area contributed by atoms with Gasteiger partial charge in [0.05, 0.1) is 0 Å². The average Bonchev–Trinajstić information content (AvgIpc) is 2.04. The van der Waals surface area contributed by atoms with Gasteiger partial charge in [0, 0.05) is 0 Å². The van der Waals surface area contributed by atoms with Crippen LogP contribution in [-0.2, 0) is 22.7 Å². The molecule has 0 aromatic heterocycles. The van der Waals surface area contributed by atoms with Crippen molar-refractivity contribution in [3.8, 4) is 0 Å². The van der Waals surface area contributed by atoms with Gasteiger partial charge in [0.25, 0.3) is 0 Å². The first-order chi connectivity index (χ1) is 46.4. The Bertz CT molecular complexity index is 3090. The smallest absolute Gasteiger partial charge is 0.00805 e. The van der Waals surface area contributed by atoms with Crippen LogP contribution in [0.4, 0.5) is 0 Å². The Morgan fingerprint density at radius 1 is 0.299 bits per heavy atom. The Hall–Kier alpha value is -7.02. The van der Waals surface area contributed by atoms with E-state index in [1.54, 1.807) is 16.7 Å². The quantitative estimate of drug-likeness (QED) is 0.121. The lowest BCUT2D eigenvalue weighted by Gasteiger charge is -2.27. The summed E-state index contributed by atoms with van der Waals surface area (Å²) in [5.74, 6) is 3.24. The molecule has 0 amide bonds. The van der Waals surface area contributed by atoms with E-state index >= 15 is 0 Å². The van der Waals surface area contributed by atoms with Gasteiger partial charge in [-0.3, -0.25) is 0 Å². The normalized spacial score (nSPS) is 13.8. The highest BCUT2D eigenvalue weighted by molar-refractivity contribution is 5.31. The first-order valence-electron chi connectivity index (χ1n) is 37.9. The third-order valence-electron chi connectivity index (χ3n) is 20.8. The van der Waals surface area contributed by atoms with Crippen LogP contribution >= 0.6 is 0 Å². The van der Waals surface area contributed by atoms with E-state index in [0.717, 1.165) is 24.2 Å². The van der Waals surface area contributed by atoms with Gasteiger partial charge in [0.1, 0.15) is 0 Å². The average molecular weight is 1300 g/mol. The van der Waals surface area contributed by atoms with Gasteiger partial charge in [-0.1, -0.05) is 390 Å². The standard InChI is InChI=1S/C13H20.2C12H18.3C11H14.C11H16.2C8H10/c1-10(2)11-7-6-8-12(9-11)13(3,4)5;2*1-4-12(3,5-2)11-9-7-6-8-10-11;3*1-2-6-10(7-3-1)11-8-4-5-9-11;1-11(2,3)9-10-7-5-4-6-8-10;2*1-7-5-3-4-6-8(7)2/h6-10H,1-5H3;2*6-10H,4-5H2,1-3H3;3*1-3,6-7,11H,4-5,8-9H2;4-8H,9H2,1-3H3;2*3-6H,1-2H3. The summed E-state index contributed by atoms with van der Waals surface area (Å²) in [6, 6.07) is 90.5. The molecular formula is C97H134. The Morgan fingerprint density at radius 2 is 0.546 bits per heavy atom. The van der Waals surface area contributed by atoms with Crippen molar-refractivity contribution < 1.29 is 0 Å². The predicted octanol–water partition coefficient (Wildman–Crippen LogP) is 29.6. The van der Waals surface area contributed by atoms with Crippen LogP contribution in [0.25, 0.3) is 0 Å². The van der Waals surface area contributed by atoms with Gasteiger partial charge in [0.15, 0.2) is 0 Å². The first kappa shape index (κ1) is 82.4. The zero-order chi connectivity index (χ0) is 71.0. The second-order valence-electron chi connectivity index (χ2n) is 30.9. The van der Waals surface area contributed by atoms with Crippen LogP contribution in [0.5, 0.6) is 0 Å². The molecule has 0 unspecified atom stereocenters. The number of hydrogen-bond acceptors (Lipinski definition) is 0. The topological polar surface area (TPSA) is 0 Å². The summed E-state index contributed by atoms with van der Waals surface area (Å²) in [6.45, 7) is 40.2. The zero-order valence-electron chi connectivity index (χ0n) is 64.6. The molecule has 0 radical (unpaired) electrons. The molecule has 97 heavy (non-hydrogen) atoms. The highest BCUT2D eigenvalue weighted by Gasteiger charge is 2.23. The number of rotatable bonds is 11. The fourth-order valence-corrected chi connectivity index (χ4v) is 12.8. The van der Waals surface area contributed by atoms with Crippen molar-refractivity contribution >= 4 is 0 Å². The van der Waals surface area contributed by atoms with E-state index in [1.807, 2.05) is 0 Å². The molecule has 0 N–H and O–H groups in total. The SMILES string of the molecule is CC(C)(C)Cc1ccccc1.CC(C)c1cccc(C(C)(C)C)c1.CCC(C)(CC)c1ccccc1.CCC(C)(CC)c1ccccc1.Cc1ccccc1C.Cc1ccccc1C.c1ccc(C2CCCC2)cc1.c1ccc(C2CCCC2)cc1.c1ccc(C2CCCC2)cc1. The molecule has 0 aliphatic heterocycles. The summed E-state index contributed by atoms with van der Waals surface area (Å²) in [5, 5.41) is 0. The van der Waals surface area contributed by atoms with E-state index in [4.69, 9.17) is 0 Å². The molecule has 0 saturated heterocycles. The highest BCUT2D eigenvalue weighted by atomic mass is 14.3. The van der Waals surface area contributed by atoms with Crippen LogP contribution in [-0.4, -0.2) is 0 Å². The lowest BCUT2D eigenvalue weighted by molar-refractivity contribution is 0.411. The monoisotopic (exact) mass is 1300 g/mol. The lowest BCUT2D eigenvalue weighted by atomic mass is 9.78. The molecule has 3 saturated carbocycles. The van der Waals surface area contributed by atoms with E-state index in [9.17, 15) is 0 Å². The minimum Gasteiger partial charge on any atom is -0.0645 e. The van der Waals surface area contributed by atoms with Crippen LogP contribution in [0.1, 0.15) is 290 Å². The van der Waals surface area contributed by atoms with Crippen LogP contribution in [0.2, 0.25) is 0 Å². The Kier molecular flexibility index (Phi) is 38.1. The van der Waals surface area contributed by atoms with E-state index in [1.165, 1.54) is 153 Å². The minimum absolute atomic E-state index is 0.269. The van der Waals surface area contributed by atoms with Crippen molar-refractivity contribution in [2.75, 3.05) is 0 Å². The lowest BCUT2D eigenvalue weighted by Crippen LogP contribution is -2.18. The number of hydrogen-bond donors (Lipinski definition) is 0. The molecule has 0 spiro atoms. The molecule has 3 aliphatic carbocycles. The summed E-state index contributed by atoms with van der Waals surface area (Å²) < 4.78 is 0. The molecule has 12 rings (SSSR count). The molecule has 0 heteroatoms. The number of aryl methyl sites for hydroxylation is 4. The molecule has 3 aliphatic rings. The minimum atomic E-state index is 0.269. The second kappa shape index (κ2) is 44.8. The Balaban J connectivity index is 0.000000233. The van der Waals surface area contributed by atoms with Crippen LogP contribution in [0, 0.1) is 33.1 Å². The van der Waals surface area contributed by atoms with Crippen molar-refractivity contribution in [3.63, 3.8) is 0 Å². The van der Waals surface area contributed by atoms with Crippen molar-refractivity contribution in [1.29, 1.82) is 0 Å². The van der Waals surface area contributed by atoms with E-state index < -0.39 is 0 Å². The van der Waals surface area contributed by atoms with Gasteiger partial charge >= 0.3 is 0 Å². The Morgan fingerprint density at radius 3 is 0.784 bits per heavy atom. The highest BCUT2D eigenvalue weighted by Crippen LogP contribution is 2.37. The molecule has 9 aromatic carbocycles. The molecule has 0 heterocycles. The zero-order valence-corrected chi connectivity index (χ0v) is 64.6. The third-order valence-corrected chi connectivity index (χ3v) is 20.8. The summed E-state index contributed by atoms with van der Waals surface area (Å²) in [4.78, 5) is 0. The van der Waals surface area contributed by atoms with Crippen LogP contribution in [0.15, 0.2) is 255 Å². The van der Waals surface area contributed by atoms with Gasteiger partial charge < -0.3 is 0 Å². The van der Waals surface area contributed by atoms with Crippen molar-refractivity contribution in [1.82, 2.24) is 0 Å². The van der Waals surface area contributed by atoms with E-state index in [0.29, 0.717) is 22.2 Å². The fraction of sp³-hybridized carbons (Fsp3) is 0.443. The molecular weight excluding hydrogens is 1170 g/mol.